The molecule has 31 heavy (non-hydrogen) atoms. The SMILES string of the molecule is Cc1nc(Nc2nc(Nc3ccn4ccnc4c3)cc(N3CCCCC3)n2)ccc1Cl. The minimum absolute atomic E-state index is 0.488. The third-order valence-corrected chi connectivity index (χ3v) is 5.72. The van der Waals surface area contributed by atoms with Gasteiger partial charge in [0.15, 0.2) is 0 Å². The van der Waals surface area contributed by atoms with Crippen LogP contribution in [0.1, 0.15) is 25.0 Å². The van der Waals surface area contributed by atoms with E-state index in [9.17, 15) is 0 Å². The number of nitrogens with one attached hydrogen (secondary N) is 2. The van der Waals surface area contributed by atoms with E-state index < -0.39 is 0 Å². The standard InChI is InChI=1S/C22H23ClN8/c1-15-17(23)5-6-18(25-15)27-22-28-19(14-21(29-22)30-9-3-2-4-10-30)26-16-7-11-31-12-8-24-20(31)13-16/h5-8,11-14H,2-4,9-10H2,1H3,(H2,25,26,27,28,29). The summed E-state index contributed by atoms with van der Waals surface area (Å²) < 4.78 is 1.96. The summed E-state index contributed by atoms with van der Waals surface area (Å²) >= 11 is 6.11. The molecule has 0 amide bonds. The van der Waals surface area contributed by atoms with Crippen LogP contribution in [0, 0.1) is 6.92 Å². The van der Waals surface area contributed by atoms with Gasteiger partial charge < -0.3 is 19.9 Å². The number of aromatic nitrogens is 5. The van der Waals surface area contributed by atoms with Gasteiger partial charge in [-0.2, -0.15) is 9.97 Å². The number of pyridine rings is 2. The molecule has 0 saturated carbocycles. The summed E-state index contributed by atoms with van der Waals surface area (Å²) in [5.41, 5.74) is 2.54. The first-order valence-corrected chi connectivity index (χ1v) is 10.8. The molecule has 1 fully saturated rings. The predicted octanol–water partition coefficient (Wildman–Crippen LogP) is 4.96. The molecule has 4 aromatic heterocycles. The zero-order chi connectivity index (χ0) is 21.2. The van der Waals surface area contributed by atoms with Crippen LogP contribution in [0.3, 0.4) is 0 Å². The van der Waals surface area contributed by atoms with Gasteiger partial charge in [0, 0.05) is 49.5 Å². The number of nitrogens with zero attached hydrogens (tertiary/aromatic N) is 6. The van der Waals surface area contributed by atoms with E-state index in [-0.39, 0.29) is 0 Å². The zero-order valence-corrected chi connectivity index (χ0v) is 18.0. The highest BCUT2D eigenvalue weighted by Gasteiger charge is 2.15. The summed E-state index contributed by atoms with van der Waals surface area (Å²) in [7, 11) is 0. The Bertz CT molecular complexity index is 1220. The number of piperidine rings is 1. The molecule has 0 aliphatic carbocycles. The van der Waals surface area contributed by atoms with Gasteiger partial charge in [-0.3, -0.25) is 0 Å². The van der Waals surface area contributed by atoms with Gasteiger partial charge in [-0.25, -0.2) is 9.97 Å². The summed E-state index contributed by atoms with van der Waals surface area (Å²) in [4.78, 5) is 20.6. The van der Waals surface area contributed by atoms with E-state index in [1.165, 1.54) is 19.3 Å². The highest BCUT2D eigenvalue weighted by molar-refractivity contribution is 6.31. The summed E-state index contributed by atoms with van der Waals surface area (Å²) in [5, 5.41) is 7.26. The maximum atomic E-state index is 6.11. The van der Waals surface area contributed by atoms with Crippen LogP contribution >= 0.6 is 11.6 Å². The highest BCUT2D eigenvalue weighted by Crippen LogP contribution is 2.26. The van der Waals surface area contributed by atoms with Crippen molar-refractivity contribution in [2.75, 3.05) is 28.6 Å². The van der Waals surface area contributed by atoms with Gasteiger partial charge in [-0.1, -0.05) is 11.6 Å². The van der Waals surface area contributed by atoms with Gasteiger partial charge in [-0.15, -0.1) is 0 Å². The van der Waals surface area contributed by atoms with Crippen molar-refractivity contribution in [2.45, 2.75) is 26.2 Å². The highest BCUT2D eigenvalue weighted by atomic mass is 35.5. The molecule has 1 saturated heterocycles. The maximum absolute atomic E-state index is 6.11. The molecule has 0 aromatic carbocycles. The Morgan fingerprint density at radius 3 is 2.61 bits per heavy atom. The van der Waals surface area contributed by atoms with Crippen molar-refractivity contribution < 1.29 is 0 Å². The van der Waals surface area contributed by atoms with Gasteiger partial charge in [0.2, 0.25) is 5.95 Å². The van der Waals surface area contributed by atoms with E-state index in [0.29, 0.717) is 22.6 Å². The Kier molecular flexibility index (Phi) is 5.30. The maximum Gasteiger partial charge on any atom is 0.232 e. The van der Waals surface area contributed by atoms with Crippen molar-refractivity contribution in [3.8, 4) is 0 Å². The van der Waals surface area contributed by atoms with E-state index in [2.05, 4.69) is 30.5 Å². The number of rotatable bonds is 5. The zero-order valence-electron chi connectivity index (χ0n) is 17.2. The number of anilines is 5. The lowest BCUT2D eigenvalue weighted by atomic mass is 10.1. The van der Waals surface area contributed by atoms with Crippen molar-refractivity contribution >= 4 is 46.3 Å². The van der Waals surface area contributed by atoms with Crippen LogP contribution in [-0.2, 0) is 0 Å². The molecule has 0 unspecified atom stereocenters. The Balaban J connectivity index is 1.47. The second-order valence-electron chi connectivity index (χ2n) is 7.60. The largest absolute Gasteiger partial charge is 0.356 e. The number of halogens is 1. The molecule has 5 heterocycles. The smallest absolute Gasteiger partial charge is 0.232 e. The fourth-order valence-electron chi connectivity index (χ4n) is 3.70. The van der Waals surface area contributed by atoms with Gasteiger partial charge in [0.1, 0.15) is 23.1 Å². The fraction of sp³-hybridized carbons (Fsp3) is 0.273. The second-order valence-corrected chi connectivity index (χ2v) is 8.01. The normalized spacial score (nSPS) is 14.1. The van der Waals surface area contributed by atoms with Crippen LogP contribution < -0.4 is 15.5 Å². The van der Waals surface area contributed by atoms with Gasteiger partial charge >= 0.3 is 0 Å². The first kappa shape index (κ1) is 19.6. The second kappa shape index (κ2) is 8.39. The van der Waals surface area contributed by atoms with E-state index in [1.54, 1.807) is 6.20 Å². The molecule has 1 aliphatic heterocycles. The lowest BCUT2D eigenvalue weighted by molar-refractivity contribution is 0.573. The van der Waals surface area contributed by atoms with Crippen molar-refractivity contribution in [3.05, 3.63) is 59.6 Å². The van der Waals surface area contributed by atoms with Gasteiger partial charge in [0.25, 0.3) is 0 Å². The van der Waals surface area contributed by atoms with E-state index >= 15 is 0 Å². The molecule has 0 spiro atoms. The average Bonchev–Trinajstić information content (AvgIpc) is 3.25. The third kappa shape index (κ3) is 4.39. The Hall–Kier alpha value is -3.39. The van der Waals surface area contributed by atoms with Crippen LogP contribution in [0.5, 0.6) is 0 Å². The average molecular weight is 435 g/mol. The number of fused-ring (bicyclic) bond motifs is 1. The first-order valence-electron chi connectivity index (χ1n) is 10.4. The van der Waals surface area contributed by atoms with Crippen LogP contribution in [0.4, 0.5) is 29.1 Å². The van der Waals surface area contributed by atoms with E-state index in [0.717, 1.165) is 35.9 Å². The van der Waals surface area contributed by atoms with Gasteiger partial charge in [0.05, 0.1) is 10.7 Å². The van der Waals surface area contributed by atoms with Crippen molar-refractivity contribution in [2.24, 2.45) is 0 Å². The molecule has 9 heteroatoms. The molecule has 158 valence electrons. The molecule has 5 rings (SSSR count). The summed E-state index contributed by atoms with van der Waals surface area (Å²) in [6, 6.07) is 9.62. The Labute approximate surface area is 185 Å². The molecule has 0 atom stereocenters. The van der Waals surface area contributed by atoms with Crippen molar-refractivity contribution in [1.29, 1.82) is 0 Å². The Morgan fingerprint density at radius 2 is 1.77 bits per heavy atom. The minimum atomic E-state index is 0.488. The lowest BCUT2D eigenvalue weighted by Gasteiger charge is -2.28. The molecule has 2 N–H and O–H groups in total. The topological polar surface area (TPSA) is 83.3 Å². The Morgan fingerprint density at radius 1 is 0.903 bits per heavy atom. The molecule has 0 radical (unpaired) electrons. The fourth-order valence-corrected chi connectivity index (χ4v) is 3.81. The number of aryl methyl sites for hydroxylation is 1. The molecule has 0 bridgehead atoms. The van der Waals surface area contributed by atoms with E-state index in [1.807, 2.05) is 54.0 Å². The molecule has 1 aliphatic rings. The molecule has 8 nitrogen and oxygen atoms in total. The van der Waals surface area contributed by atoms with Crippen LogP contribution in [-0.4, -0.2) is 37.4 Å². The lowest BCUT2D eigenvalue weighted by Crippen LogP contribution is -2.30. The molecular weight excluding hydrogens is 412 g/mol. The number of hydrogen-bond donors (Lipinski definition) is 2. The van der Waals surface area contributed by atoms with Crippen LogP contribution in [0.2, 0.25) is 5.02 Å². The predicted molar refractivity (Wildman–Crippen MR) is 124 cm³/mol. The van der Waals surface area contributed by atoms with Crippen LogP contribution in [0.25, 0.3) is 5.65 Å². The van der Waals surface area contributed by atoms with Crippen molar-refractivity contribution in [3.63, 3.8) is 0 Å². The number of imidazole rings is 1. The summed E-state index contributed by atoms with van der Waals surface area (Å²) in [6.45, 7) is 3.86. The first-order chi connectivity index (χ1) is 15.1. The monoisotopic (exact) mass is 434 g/mol. The van der Waals surface area contributed by atoms with Crippen LogP contribution in [0.15, 0.2) is 48.9 Å². The summed E-state index contributed by atoms with van der Waals surface area (Å²) in [6.07, 6.45) is 9.27. The third-order valence-electron chi connectivity index (χ3n) is 5.32. The minimum Gasteiger partial charge on any atom is -0.356 e. The van der Waals surface area contributed by atoms with E-state index in [4.69, 9.17) is 16.6 Å². The van der Waals surface area contributed by atoms with Gasteiger partial charge in [-0.05, 0) is 44.4 Å². The summed E-state index contributed by atoms with van der Waals surface area (Å²) in [5.74, 6) is 2.75. The molecule has 4 aromatic rings. The molecular formula is C22H23ClN8. The van der Waals surface area contributed by atoms with Crippen molar-refractivity contribution in [1.82, 2.24) is 24.3 Å². The quantitative estimate of drug-likeness (QED) is 0.459. The number of hydrogen-bond acceptors (Lipinski definition) is 7.